The molecule has 5 heteroatoms. The summed E-state index contributed by atoms with van der Waals surface area (Å²) in [6, 6.07) is 93.7. The molecule has 0 saturated carbocycles. The molecule has 4 nitrogen and oxygen atoms in total. The van der Waals surface area contributed by atoms with E-state index in [1.54, 1.807) is 0 Å². The molecule has 0 aliphatic heterocycles. The van der Waals surface area contributed by atoms with Crippen LogP contribution in [-0.2, 0) is 0 Å². The van der Waals surface area contributed by atoms with Gasteiger partial charge in [-0.3, -0.25) is 0 Å². The number of fused-ring (bicyclic) bond motifs is 3. The van der Waals surface area contributed by atoms with E-state index < -0.39 is 8.07 Å². The van der Waals surface area contributed by atoms with Crippen molar-refractivity contribution in [2.45, 2.75) is 41.5 Å². The van der Waals surface area contributed by atoms with E-state index >= 15 is 0 Å². The highest BCUT2D eigenvalue weighted by molar-refractivity contribution is 7.19. The minimum absolute atomic E-state index is 0.592. The molecule has 0 spiro atoms. The number of benzene rings is 11. The lowest BCUT2D eigenvalue weighted by Crippen LogP contribution is -2.74. The number of nitrogens with zero attached hydrogens (tertiary/aromatic N) is 4. The van der Waals surface area contributed by atoms with Crippen LogP contribution >= 0.6 is 0 Å². The van der Waals surface area contributed by atoms with Gasteiger partial charge in [0.25, 0.3) is 0 Å². The Labute approximate surface area is 470 Å². The Balaban J connectivity index is 1.14. The molecule has 0 aliphatic rings. The first-order valence-electron chi connectivity index (χ1n) is 27.7. The minimum atomic E-state index is -2.88. The lowest BCUT2D eigenvalue weighted by Gasteiger charge is -2.34. The molecular weight excluding hydrogens is 985 g/mol. The van der Waals surface area contributed by atoms with Gasteiger partial charge >= 0.3 is 0 Å². The molecule has 80 heavy (non-hydrogen) atoms. The lowest BCUT2D eigenvalue weighted by atomic mass is 9.92. The van der Waals surface area contributed by atoms with Crippen molar-refractivity contribution in [1.82, 2.24) is 19.5 Å². The van der Waals surface area contributed by atoms with Crippen LogP contribution in [-0.4, -0.2) is 27.6 Å². The molecule has 0 atom stereocenters. The van der Waals surface area contributed by atoms with Crippen molar-refractivity contribution in [2.75, 3.05) is 0 Å². The Morgan fingerprint density at radius 3 is 1.09 bits per heavy atom. The third-order valence-electron chi connectivity index (χ3n) is 16.1. The number of hydrogen-bond donors (Lipinski definition) is 0. The fourth-order valence-electron chi connectivity index (χ4n) is 12.9. The zero-order valence-electron chi connectivity index (χ0n) is 46.0. The third kappa shape index (κ3) is 8.86. The topological polar surface area (TPSA) is 43.6 Å². The van der Waals surface area contributed by atoms with Gasteiger partial charge in [0.05, 0.1) is 16.7 Å². The fraction of sp³-hybridized carbons (Fsp3) is 0.0800. The second-order valence-corrected chi connectivity index (χ2v) is 25.4. The van der Waals surface area contributed by atoms with Crippen LogP contribution in [0.2, 0.25) is 0 Å². The van der Waals surface area contributed by atoms with Gasteiger partial charge in [-0.05, 0) is 142 Å². The highest BCUT2D eigenvalue weighted by Crippen LogP contribution is 2.42. The van der Waals surface area contributed by atoms with Gasteiger partial charge in [-0.15, -0.1) is 0 Å². The number of aromatic nitrogens is 4. The molecule has 0 radical (unpaired) electrons. The van der Waals surface area contributed by atoms with E-state index in [1.807, 2.05) is 36.4 Å². The highest BCUT2D eigenvalue weighted by atomic mass is 28.3. The quantitative estimate of drug-likeness (QED) is 0.0958. The molecule has 0 amide bonds. The highest BCUT2D eigenvalue weighted by Gasteiger charge is 2.41. The molecule has 2 heterocycles. The van der Waals surface area contributed by atoms with Gasteiger partial charge in [-0.1, -0.05) is 242 Å². The summed E-state index contributed by atoms with van der Waals surface area (Å²) < 4.78 is 2.50. The van der Waals surface area contributed by atoms with Crippen molar-refractivity contribution in [1.29, 1.82) is 0 Å². The van der Waals surface area contributed by atoms with Crippen LogP contribution in [0.3, 0.4) is 0 Å². The van der Waals surface area contributed by atoms with E-state index in [-0.39, 0.29) is 0 Å². The van der Waals surface area contributed by atoms with Crippen LogP contribution in [0.4, 0.5) is 0 Å². The fourth-order valence-corrected chi connectivity index (χ4v) is 17.7. The molecule has 0 saturated heterocycles. The maximum atomic E-state index is 5.44. The SMILES string of the molecule is Cc1cc(C)c(-c2ccc3c4ccc(-c5c(C)cc(C)cc5C)cc4n(-c4cc(-c5cccc([Si](c6ccccc6)(c6ccccc6)c6ccccc6)c5)ccc4-c4nc(-c5ccccc5)nc(-c5ccccc5)n4)c3c2)c(C)c1. The largest absolute Gasteiger partial charge is 0.308 e. The van der Waals surface area contributed by atoms with Crippen molar-refractivity contribution >= 4 is 50.6 Å². The Morgan fingerprint density at radius 1 is 0.287 bits per heavy atom. The van der Waals surface area contributed by atoms with Crippen LogP contribution in [0.15, 0.2) is 255 Å². The van der Waals surface area contributed by atoms with Crippen LogP contribution in [0.5, 0.6) is 0 Å². The first kappa shape index (κ1) is 50.0. The Morgan fingerprint density at radius 2 is 0.650 bits per heavy atom. The second-order valence-electron chi connectivity index (χ2n) is 21.5. The molecular formula is C75H60N4Si. The molecule has 0 unspecified atom stereocenters. The zero-order valence-corrected chi connectivity index (χ0v) is 47.0. The van der Waals surface area contributed by atoms with Gasteiger partial charge in [-0.2, -0.15) is 0 Å². The summed E-state index contributed by atoms with van der Waals surface area (Å²) >= 11 is 0. The number of rotatable bonds is 11. The van der Waals surface area contributed by atoms with Crippen molar-refractivity contribution in [3.05, 3.63) is 288 Å². The van der Waals surface area contributed by atoms with Crippen LogP contribution in [0.25, 0.3) is 95.0 Å². The van der Waals surface area contributed by atoms with E-state index in [0.717, 1.165) is 44.5 Å². The first-order valence-corrected chi connectivity index (χ1v) is 29.7. The molecule has 0 bridgehead atoms. The Kier molecular flexibility index (Phi) is 12.9. The van der Waals surface area contributed by atoms with Crippen LogP contribution in [0.1, 0.15) is 33.4 Å². The lowest BCUT2D eigenvalue weighted by molar-refractivity contribution is 1.06. The number of aryl methyl sites for hydroxylation is 6. The maximum Gasteiger partial charge on any atom is 0.179 e. The average molecular weight is 1050 g/mol. The zero-order chi connectivity index (χ0) is 54.5. The smallest absolute Gasteiger partial charge is 0.179 e. The van der Waals surface area contributed by atoms with Crippen molar-refractivity contribution in [3.63, 3.8) is 0 Å². The molecule has 0 N–H and O–H groups in total. The Hall–Kier alpha value is -9.55. The summed E-state index contributed by atoms with van der Waals surface area (Å²) in [5, 5.41) is 7.64. The van der Waals surface area contributed by atoms with E-state index in [9.17, 15) is 0 Å². The molecule has 2 aromatic heterocycles. The van der Waals surface area contributed by atoms with Gasteiger partial charge in [0, 0.05) is 27.5 Å². The molecule has 11 aromatic carbocycles. The van der Waals surface area contributed by atoms with Gasteiger partial charge < -0.3 is 4.57 Å². The van der Waals surface area contributed by atoms with Gasteiger partial charge in [0.1, 0.15) is 0 Å². The van der Waals surface area contributed by atoms with E-state index in [4.69, 9.17) is 15.0 Å². The molecule has 0 aliphatic carbocycles. The summed E-state index contributed by atoms with van der Waals surface area (Å²) in [6.07, 6.45) is 0. The van der Waals surface area contributed by atoms with Gasteiger partial charge in [0.2, 0.25) is 0 Å². The van der Waals surface area contributed by atoms with Crippen LogP contribution < -0.4 is 20.7 Å². The van der Waals surface area contributed by atoms with Crippen molar-refractivity contribution in [2.24, 2.45) is 0 Å². The van der Waals surface area contributed by atoms with Gasteiger partial charge in [0.15, 0.2) is 25.5 Å². The summed E-state index contributed by atoms with van der Waals surface area (Å²) in [7, 11) is -2.88. The third-order valence-corrected chi connectivity index (χ3v) is 20.9. The summed E-state index contributed by atoms with van der Waals surface area (Å²) in [5.74, 6) is 1.82. The summed E-state index contributed by atoms with van der Waals surface area (Å²) in [5.41, 5.74) is 20.5. The van der Waals surface area contributed by atoms with E-state index in [0.29, 0.717) is 17.5 Å². The standard InChI is InChI=1S/C75H60N4Si/c1-49-41-51(3)71(52(4)42-49)59-36-38-65-66-39-37-60(72-53(5)43-50(2)44-54(72)6)48-69(66)79(68(65)47-59)70-46-58(35-40-67(70)75-77-73(55-23-12-7-13-24-55)76-74(78-75)56-25-14-8-15-26-56)57-27-22-34-64(45-57)80(61-28-16-9-17-29-61,62-30-18-10-19-31-62)63-32-20-11-21-33-63/h7-48H,1-6H3. The normalized spacial score (nSPS) is 11.6. The molecule has 13 aromatic rings. The average Bonchev–Trinajstić information content (AvgIpc) is 3.86. The van der Waals surface area contributed by atoms with E-state index in [1.165, 1.54) is 87.2 Å². The number of hydrogen-bond acceptors (Lipinski definition) is 3. The van der Waals surface area contributed by atoms with Crippen molar-refractivity contribution < 1.29 is 0 Å². The monoisotopic (exact) mass is 1040 g/mol. The molecule has 384 valence electrons. The molecule has 13 rings (SSSR count). The van der Waals surface area contributed by atoms with Gasteiger partial charge in [-0.25, -0.2) is 15.0 Å². The van der Waals surface area contributed by atoms with Crippen molar-refractivity contribution in [3.8, 4) is 73.2 Å². The summed E-state index contributed by atoms with van der Waals surface area (Å²) in [4.78, 5) is 16.1. The first-order chi connectivity index (χ1) is 39.1. The van der Waals surface area contributed by atoms with Crippen LogP contribution in [0, 0.1) is 41.5 Å². The predicted molar refractivity (Wildman–Crippen MR) is 339 cm³/mol. The summed E-state index contributed by atoms with van der Waals surface area (Å²) in [6.45, 7) is 13.3. The molecule has 0 fully saturated rings. The minimum Gasteiger partial charge on any atom is -0.308 e. The Bertz CT molecular complexity index is 4140. The van der Waals surface area contributed by atoms with E-state index in [2.05, 4.69) is 264 Å². The second kappa shape index (κ2) is 20.7. The maximum absolute atomic E-state index is 5.44. The predicted octanol–water partition coefficient (Wildman–Crippen LogP) is 16.2.